The Labute approximate surface area is 203 Å². The van der Waals surface area contributed by atoms with Gasteiger partial charge in [0.05, 0.1) is 20.1 Å². The second-order valence-electron chi connectivity index (χ2n) is 7.94. The first-order chi connectivity index (χ1) is 17.0. The van der Waals surface area contributed by atoms with Gasteiger partial charge >= 0.3 is 0 Å². The molecule has 0 bridgehead atoms. The molecule has 0 heterocycles. The molecule has 4 rings (SSSR count). The van der Waals surface area contributed by atoms with E-state index in [0.29, 0.717) is 17.1 Å². The molecule has 4 aromatic carbocycles. The van der Waals surface area contributed by atoms with Crippen molar-refractivity contribution < 1.29 is 23.0 Å². The van der Waals surface area contributed by atoms with Crippen LogP contribution in [-0.2, 0) is 0 Å². The van der Waals surface area contributed by atoms with Crippen molar-refractivity contribution in [2.24, 2.45) is 0 Å². The maximum absolute atomic E-state index is 14.2. The molecular formula is C30H24F2O3. The zero-order chi connectivity index (χ0) is 24.8. The third-order valence-corrected chi connectivity index (χ3v) is 5.73. The van der Waals surface area contributed by atoms with E-state index in [2.05, 4.69) is 0 Å². The number of halogens is 2. The van der Waals surface area contributed by atoms with E-state index in [4.69, 9.17) is 9.47 Å². The number of allylic oxidation sites excluding steroid dienone is 1. The summed E-state index contributed by atoms with van der Waals surface area (Å²) in [6, 6.07) is 26.3. The number of hydrogen-bond acceptors (Lipinski definition) is 3. The number of benzene rings is 4. The Morgan fingerprint density at radius 2 is 1.20 bits per heavy atom. The van der Waals surface area contributed by atoms with E-state index in [1.54, 1.807) is 38.5 Å². The molecule has 0 unspecified atom stereocenters. The third kappa shape index (κ3) is 5.64. The van der Waals surface area contributed by atoms with Crippen LogP contribution in [0.15, 0.2) is 103 Å². The lowest BCUT2D eigenvalue weighted by atomic mass is 9.85. The van der Waals surface area contributed by atoms with Gasteiger partial charge in [-0.1, -0.05) is 54.6 Å². The van der Waals surface area contributed by atoms with E-state index >= 15 is 0 Å². The van der Waals surface area contributed by atoms with Crippen LogP contribution in [0.2, 0.25) is 0 Å². The first-order valence-corrected chi connectivity index (χ1v) is 11.0. The number of Topliss-reactive ketones (excluding diaryl/α,β-unsaturated/α-hetero) is 1. The zero-order valence-corrected chi connectivity index (χ0v) is 19.4. The summed E-state index contributed by atoms with van der Waals surface area (Å²) in [4.78, 5) is 13.6. The van der Waals surface area contributed by atoms with Crippen LogP contribution in [0.5, 0.6) is 11.5 Å². The molecule has 0 N–H and O–H groups in total. The fourth-order valence-electron chi connectivity index (χ4n) is 3.91. The van der Waals surface area contributed by atoms with E-state index in [1.807, 2.05) is 48.5 Å². The number of carbonyl (C=O) groups excluding carboxylic acids is 1. The highest BCUT2D eigenvalue weighted by Crippen LogP contribution is 2.33. The summed E-state index contributed by atoms with van der Waals surface area (Å²) in [6.45, 7) is 0. The number of rotatable bonds is 8. The highest BCUT2D eigenvalue weighted by atomic mass is 19.1. The lowest BCUT2D eigenvalue weighted by molar-refractivity contribution is 0.0976. The van der Waals surface area contributed by atoms with Crippen LogP contribution in [0.1, 0.15) is 33.0 Å². The Balaban J connectivity index is 1.90. The number of ketones is 1. The second-order valence-corrected chi connectivity index (χ2v) is 7.94. The van der Waals surface area contributed by atoms with E-state index in [9.17, 15) is 13.6 Å². The molecule has 0 fully saturated rings. The molecule has 1 atom stereocenters. The first-order valence-electron chi connectivity index (χ1n) is 11.0. The van der Waals surface area contributed by atoms with Crippen LogP contribution in [0.4, 0.5) is 8.78 Å². The predicted octanol–water partition coefficient (Wildman–Crippen LogP) is 7.08. The van der Waals surface area contributed by atoms with Gasteiger partial charge in [0, 0.05) is 5.56 Å². The standard InChI is InChI=1S/C30H24F2O3/c1-34-26-13-9-20(10-14-26)28(21-11-15-27(35-2)16-12-21)19-29(22-5-3-7-24(31)17-22)30(33)23-6-4-8-25(32)18-23/h3-19,29H,1-2H3/t29-/m0/s1. The highest BCUT2D eigenvalue weighted by Gasteiger charge is 2.23. The maximum Gasteiger partial charge on any atom is 0.174 e. The highest BCUT2D eigenvalue weighted by molar-refractivity contribution is 6.03. The van der Waals surface area contributed by atoms with Gasteiger partial charge in [0.15, 0.2) is 5.78 Å². The molecule has 5 heteroatoms. The molecule has 0 aliphatic carbocycles. The van der Waals surface area contributed by atoms with Gasteiger partial charge in [0.1, 0.15) is 23.1 Å². The van der Waals surface area contributed by atoms with Crippen molar-refractivity contribution in [3.05, 3.63) is 137 Å². The SMILES string of the molecule is COc1ccc(C(=C[C@H](C(=O)c2cccc(F)c2)c2cccc(F)c2)c2ccc(OC)cc2)cc1. The summed E-state index contributed by atoms with van der Waals surface area (Å²) in [5.74, 6) is -0.770. The number of methoxy groups -OCH3 is 2. The molecule has 0 aliphatic rings. The van der Waals surface area contributed by atoms with Gasteiger partial charge in [-0.05, 0) is 70.8 Å². The lowest BCUT2D eigenvalue weighted by Crippen LogP contribution is -2.12. The van der Waals surface area contributed by atoms with Crippen molar-refractivity contribution in [3.8, 4) is 11.5 Å². The van der Waals surface area contributed by atoms with Crippen molar-refractivity contribution in [2.75, 3.05) is 14.2 Å². The molecule has 0 aromatic heterocycles. The van der Waals surface area contributed by atoms with Gasteiger partial charge in [-0.2, -0.15) is 0 Å². The van der Waals surface area contributed by atoms with Crippen molar-refractivity contribution in [1.82, 2.24) is 0 Å². The Hall–Kier alpha value is -4.25. The van der Waals surface area contributed by atoms with Crippen LogP contribution in [0.25, 0.3) is 5.57 Å². The quantitative estimate of drug-likeness (QED) is 0.258. The minimum Gasteiger partial charge on any atom is -0.497 e. The molecule has 0 spiro atoms. The molecule has 0 aliphatic heterocycles. The maximum atomic E-state index is 14.2. The summed E-state index contributed by atoms with van der Waals surface area (Å²) in [5.41, 5.74) is 3.11. The van der Waals surface area contributed by atoms with Crippen LogP contribution < -0.4 is 9.47 Å². The van der Waals surface area contributed by atoms with Crippen molar-refractivity contribution in [1.29, 1.82) is 0 Å². The summed E-state index contributed by atoms with van der Waals surface area (Å²) in [5, 5.41) is 0. The predicted molar refractivity (Wildman–Crippen MR) is 133 cm³/mol. The van der Waals surface area contributed by atoms with E-state index in [0.717, 1.165) is 16.7 Å². The first kappa shape index (κ1) is 23.9. The Morgan fingerprint density at radius 3 is 1.69 bits per heavy atom. The van der Waals surface area contributed by atoms with Crippen LogP contribution in [0, 0.1) is 11.6 Å². The molecular weight excluding hydrogens is 446 g/mol. The average molecular weight is 471 g/mol. The molecule has 0 amide bonds. The summed E-state index contributed by atoms with van der Waals surface area (Å²) < 4.78 is 38.7. The Kier molecular flexibility index (Phi) is 7.36. The minimum atomic E-state index is -0.855. The minimum absolute atomic E-state index is 0.208. The van der Waals surface area contributed by atoms with E-state index in [1.165, 1.54) is 30.3 Å². The van der Waals surface area contributed by atoms with Crippen molar-refractivity contribution in [2.45, 2.75) is 5.92 Å². The fourth-order valence-corrected chi connectivity index (χ4v) is 3.91. The Bertz CT molecular complexity index is 1290. The van der Waals surface area contributed by atoms with Gasteiger partial charge < -0.3 is 9.47 Å². The summed E-state index contributed by atoms with van der Waals surface area (Å²) >= 11 is 0. The van der Waals surface area contributed by atoms with E-state index in [-0.39, 0.29) is 11.3 Å². The van der Waals surface area contributed by atoms with Crippen LogP contribution in [-0.4, -0.2) is 20.0 Å². The smallest absolute Gasteiger partial charge is 0.174 e. The van der Waals surface area contributed by atoms with Gasteiger partial charge in [0.2, 0.25) is 0 Å². The lowest BCUT2D eigenvalue weighted by Gasteiger charge is -2.17. The van der Waals surface area contributed by atoms with Gasteiger partial charge in [-0.15, -0.1) is 0 Å². The third-order valence-electron chi connectivity index (χ3n) is 5.73. The summed E-state index contributed by atoms with van der Waals surface area (Å²) in [7, 11) is 3.18. The number of carbonyl (C=O) groups is 1. The molecule has 176 valence electrons. The molecule has 3 nitrogen and oxygen atoms in total. The van der Waals surface area contributed by atoms with Gasteiger partial charge in [0.25, 0.3) is 0 Å². The van der Waals surface area contributed by atoms with Gasteiger partial charge in [-0.25, -0.2) is 8.78 Å². The zero-order valence-electron chi connectivity index (χ0n) is 19.4. The monoisotopic (exact) mass is 470 g/mol. The van der Waals surface area contributed by atoms with Gasteiger partial charge in [-0.3, -0.25) is 4.79 Å². The molecule has 0 saturated heterocycles. The molecule has 0 radical (unpaired) electrons. The average Bonchev–Trinajstić information content (AvgIpc) is 2.89. The summed E-state index contributed by atoms with van der Waals surface area (Å²) in [6.07, 6.45) is 1.80. The van der Waals surface area contributed by atoms with Crippen molar-refractivity contribution >= 4 is 11.4 Å². The van der Waals surface area contributed by atoms with Crippen LogP contribution in [0.3, 0.4) is 0 Å². The number of ether oxygens (including phenoxy) is 2. The molecule has 4 aromatic rings. The van der Waals surface area contributed by atoms with E-state index < -0.39 is 17.6 Å². The van der Waals surface area contributed by atoms with Crippen LogP contribution >= 0.6 is 0 Å². The largest absolute Gasteiger partial charge is 0.497 e. The molecule has 35 heavy (non-hydrogen) atoms. The Morgan fingerprint density at radius 1 is 0.686 bits per heavy atom. The number of hydrogen-bond donors (Lipinski definition) is 0. The fraction of sp³-hybridized carbons (Fsp3) is 0.100. The van der Waals surface area contributed by atoms with Crippen molar-refractivity contribution in [3.63, 3.8) is 0 Å². The topological polar surface area (TPSA) is 35.5 Å². The normalized spacial score (nSPS) is 11.4. The second kappa shape index (κ2) is 10.8. The molecule has 0 saturated carbocycles.